The van der Waals surface area contributed by atoms with Crippen LogP contribution in [0.3, 0.4) is 0 Å². The van der Waals surface area contributed by atoms with E-state index in [2.05, 4.69) is 64.9 Å². The van der Waals surface area contributed by atoms with Gasteiger partial charge in [-0.05, 0) is 47.0 Å². The van der Waals surface area contributed by atoms with E-state index in [-0.39, 0.29) is 18.3 Å². The summed E-state index contributed by atoms with van der Waals surface area (Å²) in [5, 5.41) is 4.03. The molecule has 118 valence electrons. The summed E-state index contributed by atoms with van der Waals surface area (Å²) in [6, 6.07) is 6.28. The lowest BCUT2D eigenvalue weighted by Crippen LogP contribution is -2.41. The SMILES string of the molecule is Cc1cccc(C)c1B1OC(C)(C)C(C)(C)O1.NS(=O)[O-]. The molecule has 1 saturated heterocycles. The van der Waals surface area contributed by atoms with Gasteiger partial charge in [-0.3, -0.25) is 9.35 Å². The molecule has 0 radical (unpaired) electrons. The van der Waals surface area contributed by atoms with Gasteiger partial charge in [-0.2, -0.15) is 0 Å². The number of nitrogens with two attached hydrogens (primary N) is 1. The average molecular weight is 312 g/mol. The van der Waals surface area contributed by atoms with Crippen molar-refractivity contribution >= 4 is 23.8 Å². The average Bonchev–Trinajstić information content (AvgIpc) is 2.46. The first-order valence-corrected chi connectivity index (χ1v) is 7.87. The van der Waals surface area contributed by atoms with Crippen LogP contribution >= 0.6 is 0 Å². The van der Waals surface area contributed by atoms with Gasteiger partial charge in [0.05, 0.1) is 11.2 Å². The molecule has 2 N–H and O–H groups in total. The molecule has 0 aromatic heterocycles. The first-order valence-electron chi connectivity index (χ1n) is 6.73. The summed E-state index contributed by atoms with van der Waals surface area (Å²) in [5.41, 5.74) is 3.08. The zero-order valence-electron chi connectivity index (χ0n) is 13.4. The van der Waals surface area contributed by atoms with Gasteiger partial charge >= 0.3 is 7.12 Å². The topological polar surface area (TPSA) is 84.6 Å². The molecule has 1 aromatic rings. The van der Waals surface area contributed by atoms with E-state index < -0.39 is 11.3 Å². The number of rotatable bonds is 1. The highest BCUT2D eigenvalue weighted by Crippen LogP contribution is 2.36. The fourth-order valence-electron chi connectivity index (χ4n) is 2.16. The van der Waals surface area contributed by atoms with E-state index in [9.17, 15) is 0 Å². The number of hydrogen-bond acceptors (Lipinski definition) is 4. The van der Waals surface area contributed by atoms with Crippen molar-refractivity contribution in [1.82, 2.24) is 0 Å². The molecule has 2 rings (SSSR count). The summed E-state index contributed by atoms with van der Waals surface area (Å²) >= 11 is -2.36. The zero-order valence-corrected chi connectivity index (χ0v) is 14.2. The normalized spacial score (nSPS) is 20.7. The molecule has 1 fully saturated rings. The van der Waals surface area contributed by atoms with Gasteiger partial charge in [-0.1, -0.05) is 29.3 Å². The Morgan fingerprint density at radius 1 is 1.10 bits per heavy atom. The van der Waals surface area contributed by atoms with E-state index in [0.29, 0.717) is 0 Å². The van der Waals surface area contributed by atoms with Crippen molar-refractivity contribution in [3.63, 3.8) is 0 Å². The van der Waals surface area contributed by atoms with Crippen molar-refractivity contribution < 1.29 is 18.1 Å². The molecule has 0 aliphatic carbocycles. The highest BCUT2D eigenvalue weighted by Gasteiger charge is 2.52. The Hall–Kier alpha value is -0.725. The molecule has 0 amide bonds. The van der Waals surface area contributed by atoms with Gasteiger partial charge < -0.3 is 13.9 Å². The van der Waals surface area contributed by atoms with Crippen LogP contribution in [0.15, 0.2) is 18.2 Å². The Balaban J connectivity index is 0.000000491. The van der Waals surface area contributed by atoms with E-state index in [1.54, 1.807) is 0 Å². The van der Waals surface area contributed by atoms with Gasteiger partial charge in [-0.15, -0.1) is 0 Å². The Morgan fingerprint density at radius 2 is 1.43 bits per heavy atom. The zero-order chi connectivity index (χ0) is 16.4. The first kappa shape index (κ1) is 18.3. The predicted octanol–water partition coefficient (Wildman–Crippen LogP) is 1.34. The molecule has 0 bridgehead atoms. The van der Waals surface area contributed by atoms with E-state index in [4.69, 9.17) is 18.1 Å². The minimum absolute atomic E-state index is 0.249. The van der Waals surface area contributed by atoms with Crippen LogP contribution in [0.2, 0.25) is 0 Å². The molecule has 1 aromatic carbocycles. The maximum Gasteiger partial charge on any atom is 0.495 e. The summed E-state index contributed by atoms with van der Waals surface area (Å²) in [7, 11) is -0.249. The van der Waals surface area contributed by atoms with Crippen molar-refractivity contribution in [2.45, 2.75) is 52.7 Å². The predicted molar refractivity (Wildman–Crippen MR) is 84.7 cm³/mol. The van der Waals surface area contributed by atoms with Crippen LogP contribution in [0.25, 0.3) is 0 Å². The lowest BCUT2D eigenvalue weighted by atomic mass is 9.73. The molecule has 1 aliphatic heterocycles. The van der Waals surface area contributed by atoms with Crippen LogP contribution in [0.5, 0.6) is 0 Å². The van der Waals surface area contributed by atoms with Crippen molar-refractivity contribution in [2.75, 3.05) is 0 Å². The lowest BCUT2D eigenvalue weighted by molar-refractivity contribution is 0.00578. The van der Waals surface area contributed by atoms with Crippen molar-refractivity contribution in [3.8, 4) is 0 Å². The molecule has 7 heteroatoms. The van der Waals surface area contributed by atoms with Crippen molar-refractivity contribution in [1.29, 1.82) is 0 Å². The number of hydrogen-bond donors (Lipinski definition) is 1. The van der Waals surface area contributed by atoms with Crippen LogP contribution in [0.4, 0.5) is 0 Å². The van der Waals surface area contributed by atoms with E-state index in [1.807, 2.05) is 0 Å². The second kappa shape index (κ2) is 6.58. The monoisotopic (exact) mass is 312 g/mol. The van der Waals surface area contributed by atoms with Gasteiger partial charge in [0.15, 0.2) is 0 Å². The fraction of sp³-hybridized carbons (Fsp3) is 0.571. The third kappa shape index (κ3) is 4.37. The number of aryl methyl sites for hydroxylation is 2. The Morgan fingerprint density at radius 3 is 1.76 bits per heavy atom. The fourth-order valence-corrected chi connectivity index (χ4v) is 2.16. The van der Waals surface area contributed by atoms with Crippen LogP contribution in [-0.2, 0) is 20.6 Å². The molecule has 1 unspecified atom stereocenters. The van der Waals surface area contributed by atoms with Crippen molar-refractivity contribution in [3.05, 3.63) is 29.3 Å². The smallest absolute Gasteiger partial charge is 0.495 e. The summed E-state index contributed by atoms with van der Waals surface area (Å²) in [4.78, 5) is 0. The van der Waals surface area contributed by atoms with Crippen LogP contribution in [0.1, 0.15) is 38.8 Å². The summed E-state index contributed by atoms with van der Waals surface area (Å²) in [6.45, 7) is 12.5. The van der Waals surface area contributed by atoms with Crippen LogP contribution in [0, 0.1) is 13.8 Å². The largest absolute Gasteiger partial charge is 0.760 e. The Bertz CT molecular complexity index is 493. The summed E-state index contributed by atoms with van der Waals surface area (Å²) in [5.74, 6) is 0. The third-order valence-electron chi connectivity index (χ3n) is 4.03. The molecule has 1 heterocycles. The summed E-state index contributed by atoms with van der Waals surface area (Å²) in [6.07, 6.45) is 0. The minimum atomic E-state index is -2.36. The van der Waals surface area contributed by atoms with Crippen LogP contribution in [-0.4, -0.2) is 27.1 Å². The summed E-state index contributed by atoms with van der Waals surface area (Å²) < 4.78 is 29.7. The van der Waals surface area contributed by atoms with E-state index in [1.165, 1.54) is 16.6 Å². The maximum atomic E-state index is 8.78. The molecule has 1 aliphatic rings. The Labute approximate surface area is 129 Å². The van der Waals surface area contributed by atoms with Crippen molar-refractivity contribution in [2.24, 2.45) is 5.14 Å². The first-order chi connectivity index (χ1) is 9.48. The standard InChI is InChI=1S/C14H21BO2.H3NO2S/c1-10-8-7-9-11(2)12(10)15-16-13(3,4)14(5,6)17-15;1-4(2)3/h7-9H,1-6H3;1H2,(H,2,3)/p-1. The van der Waals surface area contributed by atoms with Gasteiger partial charge in [-0.25, -0.2) is 0 Å². The molecule has 0 saturated carbocycles. The molecule has 21 heavy (non-hydrogen) atoms. The van der Waals surface area contributed by atoms with Gasteiger partial charge in [0, 0.05) is 11.3 Å². The molecular formula is C14H23BNO4S-. The second-order valence-electron chi connectivity index (χ2n) is 6.15. The molecule has 5 nitrogen and oxygen atoms in total. The molecule has 1 atom stereocenters. The minimum Gasteiger partial charge on any atom is -0.760 e. The maximum absolute atomic E-state index is 8.78. The highest BCUT2D eigenvalue weighted by molar-refractivity contribution is 7.76. The molecule has 0 spiro atoms. The Kier molecular flexibility index (Phi) is 5.74. The van der Waals surface area contributed by atoms with Gasteiger partial charge in [0.1, 0.15) is 0 Å². The van der Waals surface area contributed by atoms with Crippen LogP contribution < -0.4 is 10.6 Å². The van der Waals surface area contributed by atoms with E-state index in [0.717, 1.165) is 0 Å². The molecular weight excluding hydrogens is 289 g/mol. The quantitative estimate of drug-likeness (QED) is 0.626. The second-order valence-corrected chi connectivity index (χ2v) is 6.68. The third-order valence-corrected chi connectivity index (χ3v) is 4.03. The lowest BCUT2D eigenvalue weighted by Gasteiger charge is -2.32. The van der Waals surface area contributed by atoms with Gasteiger partial charge in [0.2, 0.25) is 0 Å². The van der Waals surface area contributed by atoms with Gasteiger partial charge in [0.25, 0.3) is 0 Å². The number of benzene rings is 1. The highest BCUT2D eigenvalue weighted by atomic mass is 32.2. The van der Waals surface area contributed by atoms with E-state index >= 15 is 0 Å².